The highest BCUT2D eigenvalue weighted by atomic mass is 32.2. The van der Waals surface area contributed by atoms with Gasteiger partial charge < -0.3 is 14.5 Å². The standard InChI is InChI=1S/C21H18N4O3S/c1-27-15-8-6-14(7-9-15)12-20-24-25-21(28-20)29-13-19(26)23-18-10-11-22-17-5-3-2-4-16(17)18/h2-11H,12-13H2,1H3,(H,22,23,26). The summed E-state index contributed by atoms with van der Waals surface area (Å²) in [6, 6.07) is 17.1. The van der Waals surface area contributed by atoms with Gasteiger partial charge in [-0.1, -0.05) is 42.1 Å². The zero-order chi connectivity index (χ0) is 20.1. The molecule has 0 bridgehead atoms. The Bertz CT molecular complexity index is 1120. The number of aromatic nitrogens is 3. The molecule has 2 heterocycles. The van der Waals surface area contributed by atoms with Crippen LogP contribution in [-0.2, 0) is 11.2 Å². The molecule has 29 heavy (non-hydrogen) atoms. The van der Waals surface area contributed by atoms with Crippen molar-refractivity contribution in [2.75, 3.05) is 18.2 Å². The third-order valence-corrected chi connectivity index (χ3v) is 5.03. The Hall–Kier alpha value is -3.39. The molecule has 1 N–H and O–H groups in total. The van der Waals surface area contributed by atoms with Gasteiger partial charge in [0.1, 0.15) is 5.75 Å². The highest BCUT2D eigenvalue weighted by Crippen LogP contribution is 2.23. The number of nitrogens with zero attached hydrogens (tertiary/aromatic N) is 3. The monoisotopic (exact) mass is 406 g/mol. The molecule has 0 spiro atoms. The summed E-state index contributed by atoms with van der Waals surface area (Å²) in [5.74, 6) is 1.31. The van der Waals surface area contributed by atoms with Crippen LogP contribution >= 0.6 is 11.8 Å². The molecular formula is C21H18N4O3S. The summed E-state index contributed by atoms with van der Waals surface area (Å²) in [6.45, 7) is 0. The van der Waals surface area contributed by atoms with E-state index < -0.39 is 0 Å². The molecule has 0 radical (unpaired) electrons. The number of hydrogen-bond donors (Lipinski definition) is 1. The van der Waals surface area contributed by atoms with E-state index in [0.29, 0.717) is 17.5 Å². The van der Waals surface area contributed by atoms with Gasteiger partial charge in [-0.2, -0.15) is 0 Å². The number of hydrogen-bond acceptors (Lipinski definition) is 7. The molecule has 2 aromatic carbocycles. The summed E-state index contributed by atoms with van der Waals surface area (Å²) in [5, 5.41) is 12.2. The lowest BCUT2D eigenvalue weighted by Gasteiger charge is -2.07. The zero-order valence-corrected chi connectivity index (χ0v) is 16.5. The molecule has 2 aromatic heterocycles. The van der Waals surface area contributed by atoms with Crippen molar-refractivity contribution in [1.82, 2.24) is 15.2 Å². The summed E-state index contributed by atoms with van der Waals surface area (Å²) in [5.41, 5.74) is 2.60. The van der Waals surface area contributed by atoms with E-state index >= 15 is 0 Å². The van der Waals surface area contributed by atoms with Gasteiger partial charge in [0, 0.05) is 11.6 Å². The summed E-state index contributed by atoms with van der Waals surface area (Å²) in [7, 11) is 1.63. The minimum atomic E-state index is -0.152. The minimum absolute atomic E-state index is 0.152. The van der Waals surface area contributed by atoms with E-state index in [1.54, 1.807) is 19.4 Å². The van der Waals surface area contributed by atoms with E-state index in [0.717, 1.165) is 27.9 Å². The van der Waals surface area contributed by atoms with Crippen LogP contribution in [0.25, 0.3) is 10.9 Å². The Labute approximate surface area is 171 Å². The van der Waals surface area contributed by atoms with E-state index in [1.807, 2.05) is 48.5 Å². The Balaban J connectivity index is 1.33. The summed E-state index contributed by atoms with van der Waals surface area (Å²) < 4.78 is 10.8. The summed E-state index contributed by atoms with van der Waals surface area (Å²) in [4.78, 5) is 16.6. The fourth-order valence-corrected chi connectivity index (χ4v) is 3.38. The normalized spacial score (nSPS) is 10.8. The number of nitrogens with one attached hydrogen (secondary N) is 1. The highest BCUT2D eigenvalue weighted by Gasteiger charge is 2.12. The van der Waals surface area contributed by atoms with E-state index in [4.69, 9.17) is 9.15 Å². The zero-order valence-electron chi connectivity index (χ0n) is 15.7. The van der Waals surface area contributed by atoms with E-state index in [2.05, 4.69) is 20.5 Å². The van der Waals surface area contributed by atoms with Crippen molar-refractivity contribution >= 4 is 34.3 Å². The first-order chi connectivity index (χ1) is 14.2. The summed E-state index contributed by atoms with van der Waals surface area (Å²) >= 11 is 1.20. The number of carbonyl (C=O) groups excluding carboxylic acids is 1. The molecule has 146 valence electrons. The average molecular weight is 406 g/mol. The van der Waals surface area contributed by atoms with Gasteiger partial charge in [-0.05, 0) is 29.8 Å². The predicted octanol–water partition coefficient (Wildman–Crippen LogP) is 3.95. The number of rotatable bonds is 7. The highest BCUT2D eigenvalue weighted by molar-refractivity contribution is 7.99. The minimum Gasteiger partial charge on any atom is -0.497 e. The molecule has 1 amide bonds. The predicted molar refractivity (Wildman–Crippen MR) is 111 cm³/mol. The molecule has 0 atom stereocenters. The lowest BCUT2D eigenvalue weighted by atomic mass is 10.1. The Morgan fingerprint density at radius 1 is 1.10 bits per heavy atom. The van der Waals surface area contributed by atoms with Crippen molar-refractivity contribution in [3.63, 3.8) is 0 Å². The first-order valence-corrected chi connectivity index (χ1v) is 9.91. The number of benzene rings is 2. The maximum atomic E-state index is 12.3. The van der Waals surface area contributed by atoms with Crippen LogP contribution in [0.3, 0.4) is 0 Å². The summed E-state index contributed by atoms with van der Waals surface area (Å²) in [6.07, 6.45) is 2.20. The maximum absolute atomic E-state index is 12.3. The largest absolute Gasteiger partial charge is 0.497 e. The van der Waals surface area contributed by atoms with Crippen LogP contribution in [0.1, 0.15) is 11.5 Å². The van der Waals surface area contributed by atoms with Gasteiger partial charge in [-0.3, -0.25) is 9.78 Å². The number of pyridine rings is 1. The van der Waals surface area contributed by atoms with Gasteiger partial charge in [0.15, 0.2) is 0 Å². The molecule has 0 unspecified atom stereocenters. The van der Waals surface area contributed by atoms with Crippen molar-refractivity contribution in [3.05, 3.63) is 72.2 Å². The second kappa shape index (κ2) is 8.74. The molecule has 0 saturated carbocycles. The molecule has 0 aliphatic rings. The number of methoxy groups -OCH3 is 1. The molecule has 0 aliphatic heterocycles. The molecule has 7 nitrogen and oxygen atoms in total. The van der Waals surface area contributed by atoms with Crippen LogP contribution in [0.5, 0.6) is 5.75 Å². The first-order valence-electron chi connectivity index (χ1n) is 8.93. The van der Waals surface area contributed by atoms with Crippen molar-refractivity contribution < 1.29 is 13.9 Å². The number of ether oxygens (including phenoxy) is 1. The lowest BCUT2D eigenvalue weighted by Crippen LogP contribution is -2.14. The van der Waals surface area contributed by atoms with Crippen molar-refractivity contribution in [2.24, 2.45) is 0 Å². The van der Waals surface area contributed by atoms with Gasteiger partial charge in [0.25, 0.3) is 5.22 Å². The maximum Gasteiger partial charge on any atom is 0.277 e. The number of para-hydroxylation sites is 1. The smallest absolute Gasteiger partial charge is 0.277 e. The van der Waals surface area contributed by atoms with Crippen molar-refractivity contribution in [3.8, 4) is 5.75 Å². The molecule has 8 heteroatoms. The van der Waals surface area contributed by atoms with Crippen LogP contribution < -0.4 is 10.1 Å². The SMILES string of the molecule is COc1ccc(Cc2nnc(SCC(=O)Nc3ccnc4ccccc34)o2)cc1. The number of amides is 1. The van der Waals surface area contributed by atoms with Crippen molar-refractivity contribution in [2.45, 2.75) is 11.6 Å². The molecule has 0 saturated heterocycles. The lowest BCUT2D eigenvalue weighted by molar-refractivity contribution is -0.113. The third kappa shape index (κ3) is 4.72. The van der Waals surface area contributed by atoms with Gasteiger partial charge in [-0.25, -0.2) is 0 Å². The van der Waals surface area contributed by atoms with Crippen LogP contribution in [-0.4, -0.2) is 34.0 Å². The molecule has 0 aliphatic carbocycles. The van der Waals surface area contributed by atoms with Crippen LogP contribution in [0.4, 0.5) is 5.69 Å². The Morgan fingerprint density at radius 2 is 1.93 bits per heavy atom. The number of carbonyl (C=O) groups is 1. The second-order valence-corrected chi connectivity index (χ2v) is 7.13. The number of fused-ring (bicyclic) bond motifs is 1. The fraction of sp³-hybridized carbons (Fsp3) is 0.143. The Kier molecular flexibility index (Phi) is 5.71. The third-order valence-electron chi connectivity index (χ3n) is 4.21. The van der Waals surface area contributed by atoms with Crippen LogP contribution in [0.15, 0.2) is 70.4 Å². The number of thioether (sulfide) groups is 1. The number of anilines is 1. The van der Waals surface area contributed by atoms with E-state index in [-0.39, 0.29) is 11.7 Å². The molecular weight excluding hydrogens is 388 g/mol. The molecule has 0 fully saturated rings. The van der Waals surface area contributed by atoms with Gasteiger partial charge in [-0.15, -0.1) is 10.2 Å². The molecule has 4 rings (SSSR count). The fourth-order valence-electron chi connectivity index (χ4n) is 2.80. The average Bonchev–Trinajstić information content (AvgIpc) is 3.20. The van der Waals surface area contributed by atoms with Crippen LogP contribution in [0, 0.1) is 0 Å². The van der Waals surface area contributed by atoms with Gasteiger partial charge >= 0.3 is 0 Å². The quantitative estimate of drug-likeness (QED) is 0.465. The topological polar surface area (TPSA) is 90.1 Å². The second-order valence-electron chi connectivity index (χ2n) is 6.20. The van der Waals surface area contributed by atoms with Gasteiger partial charge in [0.2, 0.25) is 11.8 Å². The van der Waals surface area contributed by atoms with Crippen LogP contribution in [0.2, 0.25) is 0 Å². The van der Waals surface area contributed by atoms with Gasteiger partial charge in [0.05, 0.1) is 30.5 Å². The van der Waals surface area contributed by atoms with E-state index in [9.17, 15) is 4.79 Å². The van der Waals surface area contributed by atoms with Crippen molar-refractivity contribution in [1.29, 1.82) is 0 Å². The van der Waals surface area contributed by atoms with E-state index in [1.165, 1.54) is 11.8 Å². The first kappa shape index (κ1) is 18.9. The Morgan fingerprint density at radius 3 is 2.76 bits per heavy atom. The molecule has 4 aromatic rings.